The van der Waals surface area contributed by atoms with Crippen LogP contribution in [0.1, 0.15) is 60.8 Å². The van der Waals surface area contributed by atoms with Crippen LogP contribution in [-0.2, 0) is 9.47 Å². The molecule has 116 valence electrons. The summed E-state index contributed by atoms with van der Waals surface area (Å²) in [7, 11) is 0. The van der Waals surface area contributed by atoms with E-state index in [1.54, 1.807) is 0 Å². The minimum atomic E-state index is -0.602. The fourth-order valence-electron chi connectivity index (χ4n) is 2.65. The van der Waals surface area contributed by atoms with Crippen LogP contribution in [0.25, 0.3) is 0 Å². The number of hydrogen-bond donors (Lipinski definition) is 0. The standard InChI is InChI=1S/C17H30O3/c1-11(2)14-9-8-12(3)10-15(14)20-16(18)19-13(4)17(5,6)7/h11-12,14-15H,4,8-10H2,1-3,5-7H3. The van der Waals surface area contributed by atoms with Crippen molar-refractivity contribution in [2.24, 2.45) is 23.2 Å². The second-order valence-corrected chi connectivity index (χ2v) is 7.51. The Bertz CT molecular complexity index is 352. The summed E-state index contributed by atoms with van der Waals surface area (Å²) in [6, 6.07) is 0. The van der Waals surface area contributed by atoms with Crippen LogP contribution < -0.4 is 0 Å². The number of rotatable bonds is 3. The zero-order valence-electron chi connectivity index (χ0n) is 13.9. The van der Waals surface area contributed by atoms with Crippen molar-refractivity contribution < 1.29 is 14.3 Å². The van der Waals surface area contributed by atoms with Gasteiger partial charge in [0.1, 0.15) is 11.9 Å². The van der Waals surface area contributed by atoms with Crippen LogP contribution in [-0.4, -0.2) is 12.3 Å². The molecule has 0 aromatic carbocycles. The Hall–Kier alpha value is -0.990. The van der Waals surface area contributed by atoms with Crippen molar-refractivity contribution >= 4 is 6.16 Å². The second-order valence-electron chi connectivity index (χ2n) is 7.51. The van der Waals surface area contributed by atoms with E-state index in [2.05, 4.69) is 27.4 Å². The Labute approximate surface area is 123 Å². The van der Waals surface area contributed by atoms with Gasteiger partial charge in [0, 0.05) is 5.41 Å². The van der Waals surface area contributed by atoms with Gasteiger partial charge >= 0.3 is 6.16 Å². The minimum Gasteiger partial charge on any atom is -0.430 e. The van der Waals surface area contributed by atoms with Crippen molar-refractivity contribution in [3.05, 3.63) is 12.3 Å². The molecule has 1 saturated carbocycles. The number of ether oxygens (including phenoxy) is 2. The molecule has 1 fully saturated rings. The molecule has 1 aliphatic carbocycles. The first-order chi connectivity index (χ1) is 9.11. The molecule has 0 N–H and O–H groups in total. The molecule has 1 rings (SSSR count). The van der Waals surface area contributed by atoms with Gasteiger partial charge in [-0.2, -0.15) is 0 Å². The van der Waals surface area contributed by atoms with Crippen molar-refractivity contribution in [3.63, 3.8) is 0 Å². The average Bonchev–Trinajstić information content (AvgIpc) is 2.26. The predicted octanol–water partition coefficient (Wildman–Crippen LogP) is 5.16. The Morgan fingerprint density at radius 3 is 2.35 bits per heavy atom. The average molecular weight is 282 g/mol. The summed E-state index contributed by atoms with van der Waals surface area (Å²) in [6.45, 7) is 16.3. The van der Waals surface area contributed by atoms with Gasteiger partial charge in [-0.1, -0.05) is 54.5 Å². The Balaban J connectivity index is 2.60. The van der Waals surface area contributed by atoms with Crippen LogP contribution in [0.2, 0.25) is 0 Å². The van der Waals surface area contributed by atoms with E-state index in [-0.39, 0.29) is 11.5 Å². The van der Waals surface area contributed by atoms with Gasteiger partial charge in [0.25, 0.3) is 0 Å². The molecule has 3 nitrogen and oxygen atoms in total. The number of hydrogen-bond acceptors (Lipinski definition) is 3. The van der Waals surface area contributed by atoms with Crippen LogP contribution in [0.5, 0.6) is 0 Å². The van der Waals surface area contributed by atoms with Crippen LogP contribution in [0, 0.1) is 23.2 Å². The number of carbonyl (C=O) groups excluding carboxylic acids is 1. The molecule has 3 heteroatoms. The molecule has 0 aliphatic heterocycles. The van der Waals surface area contributed by atoms with Crippen molar-refractivity contribution in [2.45, 2.75) is 66.9 Å². The molecule has 0 saturated heterocycles. The molecule has 20 heavy (non-hydrogen) atoms. The fourth-order valence-corrected chi connectivity index (χ4v) is 2.65. The van der Waals surface area contributed by atoms with E-state index in [4.69, 9.17) is 9.47 Å². The Morgan fingerprint density at radius 2 is 1.85 bits per heavy atom. The lowest BCUT2D eigenvalue weighted by Crippen LogP contribution is -2.36. The third-order valence-electron chi connectivity index (χ3n) is 4.25. The maximum atomic E-state index is 11.9. The van der Waals surface area contributed by atoms with E-state index in [1.807, 2.05) is 20.8 Å². The largest absolute Gasteiger partial charge is 0.513 e. The Kier molecular flexibility index (Phi) is 5.67. The monoisotopic (exact) mass is 282 g/mol. The van der Waals surface area contributed by atoms with E-state index in [9.17, 15) is 4.79 Å². The van der Waals surface area contributed by atoms with Gasteiger partial charge in [0.15, 0.2) is 0 Å². The lowest BCUT2D eigenvalue weighted by atomic mass is 9.75. The van der Waals surface area contributed by atoms with Crippen molar-refractivity contribution in [2.75, 3.05) is 0 Å². The summed E-state index contributed by atoms with van der Waals surface area (Å²) >= 11 is 0. The van der Waals surface area contributed by atoms with Gasteiger partial charge in [0.2, 0.25) is 0 Å². The van der Waals surface area contributed by atoms with E-state index >= 15 is 0 Å². The molecule has 3 atom stereocenters. The van der Waals surface area contributed by atoms with Crippen LogP contribution in [0.15, 0.2) is 12.3 Å². The molecule has 0 heterocycles. The summed E-state index contributed by atoms with van der Waals surface area (Å²) in [6.07, 6.45) is 2.64. The highest BCUT2D eigenvalue weighted by Gasteiger charge is 2.34. The van der Waals surface area contributed by atoms with E-state index in [0.29, 0.717) is 23.5 Å². The minimum absolute atomic E-state index is 0.0287. The van der Waals surface area contributed by atoms with Crippen molar-refractivity contribution in [1.82, 2.24) is 0 Å². The molecule has 0 radical (unpaired) electrons. The number of carbonyl (C=O) groups is 1. The predicted molar refractivity (Wildman–Crippen MR) is 81.3 cm³/mol. The maximum absolute atomic E-state index is 11.9. The Morgan fingerprint density at radius 1 is 1.25 bits per heavy atom. The molecule has 0 amide bonds. The zero-order valence-corrected chi connectivity index (χ0v) is 13.9. The highest BCUT2D eigenvalue weighted by Crippen LogP contribution is 2.36. The smallest absolute Gasteiger partial charge is 0.430 e. The van der Waals surface area contributed by atoms with Crippen LogP contribution >= 0.6 is 0 Å². The molecule has 3 unspecified atom stereocenters. The van der Waals surface area contributed by atoms with Crippen molar-refractivity contribution in [1.29, 1.82) is 0 Å². The first kappa shape index (κ1) is 17.1. The molecule has 0 bridgehead atoms. The summed E-state index contributed by atoms with van der Waals surface area (Å²) in [5.74, 6) is 2.01. The molecule has 0 spiro atoms. The van der Waals surface area contributed by atoms with E-state index in [1.165, 1.54) is 6.42 Å². The van der Waals surface area contributed by atoms with Gasteiger partial charge in [-0.3, -0.25) is 0 Å². The quantitative estimate of drug-likeness (QED) is 0.530. The lowest BCUT2D eigenvalue weighted by molar-refractivity contribution is -0.0268. The van der Waals surface area contributed by atoms with E-state index in [0.717, 1.165) is 12.8 Å². The zero-order chi connectivity index (χ0) is 15.5. The highest BCUT2D eigenvalue weighted by atomic mass is 16.7. The van der Waals surface area contributed by atoms with E-state index < -0.39 is 6.16 Å². The van der Waals surface area contributed by atoms with Gasteiger partial charge in [0.05, 0.1) is 0 Å². The van der Waals surface area contributed by atoms with Gasteiger partial charge < -0.3 is 9.47 Å². The lowest BCUT2D eigenvalue weighted by Gasteiger charge is -2.36. The normalized spacial score (nSPS) is 27.2. The summed E-state index contributed by atoms with van der Waals surface area (Å²) in [5.41, 5.74) is -0.254. The third kappa shape index (κ3) is 4.84. The van der Waals surface area contributed by atoms with Crippen LogP contribution in [0.4, 0.5) is 4.79 Å². The van der Waals surface area contributed by atoms with Gasteiger partial charge in [-0.15, -0.1) is 0 Å². The highest BCUT2D eigenvalue weighted by molar-refractivity contribution is 5.61. The first-order valence-corrected chi connectivity index (χ1v) is 7.69. The third-order valence-corrected chi connectivity index (χ3v) is 4.25. The molecule has 1 aliphatic rings. The topological polar surface area (TPSA) is 35.5 Å². The first-order valence-electron chi connectivity index (χ1n) is 7.69. The van der Waals surface area contributed by atoms with Crippen LogP contribution in [0.3, 0.4) is 0 Å². The summed E-state index contributed by atoms with van der Waals surface area (Å²) in [4.78, 5) is 11.9. The molecular weight excluding hydrogens is 252 g/mol. The fraction of sp³-hybridized carbons (Fsp3) is 0.824. The number of allylic oxidation sites excluding steroid dienone is 1. The maximum Gasteiger partial charge on any atom is 0.513 e. The summed E-state index contributed by atoms with van der Waals surface area (Å²) in [5, 5.41) is 0. The molecule has 0 aromatic heterocycles. The summed E-state index contributed by atoms with van der Waals surface area (Å²) < 4.78 is 10.8. The molecule has 0 aromatic rings. The SMILES string of the molecule is C=C(OC(=O)OC1CC(C)CCC1C(C)C)C(C)(C)C. The van der Waals surface area contributed by atoms with Gasteiger partial charge in [-0.25, -0.2) is 4.79 Å². The van der Waals surface area contributed by atoms with Gasteiger partial charge in [-0.05, 0) is 30.6 Å². The van der Waals surface area contributed by atoms with Crippen molar-refractivity contribution in [3.8, 4) is 0 Å². The second kappa shape index (κ2) is 6.64. The molecular formula is C17H30O3.